The topological polar surface area (TPSA) is 9.23 Å². The van der Waals surface area contributed by atoms with Crippen molar-refractivity contribution in [2.45, 2.75) is 47.4 Å². The van der Waals surface area contributed by atoms with Crippen LogP contribution in [-0.2, 0) is 4.74 Å². The molecule has 0 saturated carbocycles. The highest BCUT2D eigenvalue weighted by molar-refractivity contribution is 4.92. The zero-order valence-electron chi connectivity index (χ0n) is 9.29. The van der Waals surface area contributed by atoms with Crippen LogP contribution in [0.5, 0.6) is 0 Å². The summed E-state index contributed by atoms with van der Waals surface area (Å²) in [6.07, 6.45) is 0. The van der Waals surface area contributed by atoms with Crippen LogP contribution in [0.2, 0.25) is 0 Å². The van der Waals surface area contributed by atoms with Gasteiger partial charge < -0.3 is 4.74 Å². The number of methoxy groups -OCH3 is 1. The van der Waals surface area contributed by atoms with Gasteiger partial charge in [0.2, 0.25) is 5.85 Å². The molecule has 1 nitrogen and oxygen atoms in total. The predicted molar refractivity (Wildman–Crippen MR) is 49.8 cm³/mol. The van der Waals surface area contributed by atoms with Gasteiger partial charge in [0.25, 0.3) is 0 Å². The van der Waals surface area contributed by atoms with Crippen LogP contribution in [0.25, 0.3) is 0 Å². The van der Waals surface area contributed by atoms with Gasteiger partial charge in [-0.3, -0.25) is 0 Å². The van der Waals surface area contributed by atoms with E-state index in [2.05, 4.69) is 0 Å². The molecule has 0 aromatic carbocycles. The van der Waals surface area contributed by atoms with Crippen LogP contribution in [0.15, 0.2) is 0 Å². The second kappa shape index (κ2) is 2.99. The van der Waals surface area contributed by atoms with Crippen molar-refractivity contribution in [2.75, 3.05) is 7.11 Å². The van der Waals surface area contributed by atoms with Crippen LogP contribution < -0.4 is 0 Å². The van der Waals surface area contributed by atoms with Crippen molar-refractivity contribution < 1.29 is 9.13 Å². The summed E-state index contributed by atoms with van der Waals surface area (Å²) in [7, 11) is 1.43. The summed E-state index contributed by atoms with van der Waals surface area (Å²) in [6.45, 7) is 11.1. The fourth-order valence-corrected chi connectivity index (χ4v) is 1.74. The Morgan fingerprint density at radius 2 is 1.08 bits per heavy atom. The summed E-state index contributed by atoms with van der Waals surface area (Å²) in [4.78, 5) is 0. The molecule has 0 heterocycles. The van der Waals surface area contributed by atoms with E-state index in [1.54, 1.807) is 0 Å². The summed E-state index contributed by atoms with van der Waals surface area (Å²) in [6, 6.07) is 0. The van der Waals surface area contributed by atoms with Crippen molar-refractivity contribution in [1.82, 2.24) is 0 Å². The molecule has 0 bridgehead atoms. The Morgan fingerprint density at radius 1 is 0.833 bits per heavy atom. The van der Waals surface area contributed by atoms with Crippen LogP contribution in [0.3, 0.4) is 0 Å². The molecular weight excluding hydrogens is 155 g/mol. The van der Waals surface area contributed by atoms with Gasteiger partial charge in [0.1, 0.15) is 0 Å². The zero-order valence-corrected chi connectivity index (χ0v) is 9.29. The van der Waals surface area contributed by atoms with Crippen molar-refractivity contribution in [1.29, 1.82) is 0 Å². The minimum absolute atomic E-state index is 0.500. The van der Waals surface area contributed by atoms with Gasteiger partial charge in [0, 0.05) is 17.9 Å². The molecule has 0 fully saturated rings. The third-order valence-corrected chi connectivity index (χ3v) is 2.21. The standard InChI is InChI=1S/C10H21FO/c1-8(2,3)10(11,12-7)9(4,5)6/h1-7H3. The SMILES string of the molecule is COC(F)(C(C)(C)C)C(C)(C)C. The molecule has 0 N–H and O–H groups in total. The second-order valence-electron chi connectivity index (χ2n) is 5.30. The van der Waals surface area contributed by atoms with Gasteiger partial charge in [-0.25, -0.2) is 4.39 Å². The van der Waals surface area contributed by atoms with Crippen LogP contribution in [0.1, 0.15) is 41.5 Å². The molecular formula is C10H21FO. The Kier molecular flexibility index (Phi) is 2.96. The van der Waals surface area contributed by atoms with Crippen LogP contribution in [0.4, 0.5) is 4.39 Å². The Labute approximate surface area is 75.3 Å². The van der Waals surface area contributed by atoms with Crippen molar-refractivity contribution in [3.8, 4) is 0 Å². The van der Waals surface area contributed by atoms with Crippen molar-refractivity contribution >= 4 is 0 Å². The first-order valence-electron chi connectivity index (χ1n) is 4.30. The molecule has 0 unspecified atom stereocenters. The Hall–Kier alpha value is -0.110. The van der Waals surface area contributed by atoms with Gasteiger partial charge in [0.15, 0.2) is 0 Å². The van der Waals surface area contributed by atoms with Crippen molar-refractivity contribution in [2.24, 2.45) is 10.8 Å². The number of hydrogen-bond acceptors (Lipinski definition) is 1. The predicted octanol–water partition coefficient (Wildman–Crippen LogP) is 3.39. The lowest BCUT2D eigenvalue weighted by atomic mass is 9.72. The molecule has 0 aliphatic heterocycles. The molecule has 0 saturated heterocycles. The molecule has 0 spiro atoms. The smallest absolute Gasteiger partial charge is 0.218 e. The summed E-state index contributed by atoms with van der Waals surface area (Å²) < 4.78 is 19.3. The molecule has 2 heteroatoms. The Balaban J connectivity index is 4.95. The van der Waals surface area contributed by atoms with Crippen molar-refractivity contribution in [3.63, 3.8) is 0 Å². The fourth-order valence-electron chi connectivity index (χ4n) is 1.74. The average molecular weight is 176 g/mol. The third-order valence-electron chi connectivity index (χ3n) is 2.21. The van der Waals surface area contributed by atoms with Gasteiger partial charge in [-0.1, -0.05) is 41.5 Å². The van der Waals surface area contributed by atoms with E-state index in [4.69, 9.17) is 4.74 Å². The third kappa shape index (κ3) is 1.79. The first-order valence-corrected chi connectivity index (χ1v) is 4.30. The quantitative estimate of drug-likeness (QED) is 0.595. The minimum Gasteiger partial charge on any atom is -0.348 e. The molecule has 12 heavy (non-hydrogen) atoms. The molecule has 0 amide bonds. The molecule has 0 rings (SSSR count). The van der Waals surface area contributed by atoms with E-state index in [-0.39, 0.29) is 0 Å². The normalized spacial score (nSPS) is 15.0. The molecule has 74 valence electrons. The maximum Gasteiger partial charge on any atom is 0.218 e. The molecule has 0 aromatic heterocycles. The van der Waals surface area contributed by atoms with Gasteiger partial charge in [-0.2, -0.15) is 0 Å². The summed E-state index contributed by atoms with van der Waals surface area (Å²) in [5.41, 5.74) is -1.00. The van der Waals surface area contributed by atoms with Crippen molar-refractivity contribution in [3.05, 3.63) is 0 Å². The largest absolute Gasteiger partial charge is 0.348 e. The summed E-state index contributed by atoms with van der Waals surface area (Å²) in [5, 5.41) is 0. The highest BCUT2D eigenvalue weighted by atomic mass is 19.2. The molecule has 0 atom stereocenters. The van der Waals surface area contributed by atoms with Crippen LogP contribution >= 0.6 is 0 Å². The van der Waals surface area contributed by atoms with E-state index in [1.807, 2.05) is 41.5 Å². The Bertz CT molecular complexity index is 136. The number of hydrogen-bond donors (Lipinski definition) is 0. The highest BCUT2D eigenvalue weighted by Gasteiger charge is 2.52. The second-order valence-corrected chi connectivity index (χ2v) is 5.30. The number of rotatable bonds is 1. The van der Waals surface area contributed by atoms with E-state index >= 15 is 0 Å². The zero-order chi connectivity index (χ0) is 10.2. The molecule has 0 aliphatic carbocycles. The van der Waals surface area contributed by atoms with Gasteiger partial charge in [-0.05, 0) is 0 Å². The number of halogens is 1. The van der Waals surface area contributed by atoms with E-state index in [9.17, 15) is 4.39 Å². The fraction of sp³-hybridized carbons (Fsp3) is 1.00. The lowest BCUT2D eigenvalue weighted by molar-refractivity contribution is -0.251. The van der Waals surface area contributed by atoms with Crippen LogP contribution in [0, 0.1) is 10.8 Å². The molecule has 0 radical (unpaired) electrons. The van der Waals surface area contributed by atoms with E-state index < -0.39 is 16.7 Å². The number of alkyl halides is 1. The average Bonchev–Trinajstić information content (AvgIpc) is 1.81. The van der Waals surface area contributed by atoms with Gasteiger partial charge in [-0.15, -0.1) is 0 Å². The first kappa shape index (κ1) is 11.9. The lowest BCUT2D eigenvalue weighted by Gasteiger charge is -2.45. The van der Waals surface area contributed by atoms with E-state index in [0.29, 0.717) is 0 Å². The lowest BCUT2D eigenvalue weighted by Crippen LogP contribution is -2.50. The minimum atomic E-state index is -1.58. The molecule has 0 aliphatic rings. The maximum absolute atomic E-state index is 14.3. The van der Waals surface area contributed by atoms with Gasteiger partial charge >= 0.3 is 0 Å². The highest BCUT2D eigenvalue weighted by Crippen LogP contribution is 2.47. The van der Waals surface area contributed by atoms with Crippen LogP contribution in [-0.4, -0.2) is 13.0 Å². The Morgan fingerprint density at radius 3 is 1.08 bits per heavy atom. The molecule has 0 aromatic rings. The monoisotopic (exact) mass is 176 g/mol. The number of ether oxygens (including phenoxy) is 1. The van der Waals surface area contributed by atoms with E-state index in [0.717, 1.165) is 0 Å². The first-order chi connectivity index (χ1) is 5.06. The van der Waals surface area contributed by atoms with Gasteiger partial charge in [0.05, 0.1) is 0 Å². The summed E-state index contributed by atoms with van der Waals surface area (Å²) in [5.74, 6) is -1.58. The summed E-state index contributed by atoms with van der Waals surface area (Å²) >= 11 is 0. The van der Waals surface area contributed by atoms with E-state index in [1.165, 1.54) is 7.11 Å². The maximum atomic E-state index is 14.3.